The highest BCUT2D eigenvalue weighted by Crippen LogP contribution is 2.11. The summed E-state index contributed by atoms with van der Waals surface area (Å²) in [7, 11) is 0. The van der Waals surface area contributed by atoms with Crippen molar-refractivity contribution in [1.82, 2.24) is 10.6 Å². The Bertz CT molecular complexity index is 291. The lowest BCUT2D eigenvalue weighted by atomic mass is 10.1. The van der Waals surface area contributed by atoms with Crippen molar-refractivity contribution in [2.24, 2.45) is 0 Å². The monoisotopic (exact) mass is 150 g/mol. The minimum Gasteiger partial charge on any atom is -0.322 e. The van der Waals surface area contributed by atoms with Gasteiger partial charge in [-0.1, -0.05) is 6.08 Å². The van der Waals surface area contributed by atoms with Crippen molar-refractivity contribution in [1.29, 1.82) is 0 Å². The number of hydrogen-bond donors (Lipinski definition) is 2. The third-order valence-corrected chi connectivity index (χ3v) is 1.67. The molecule has 2 aliphatic rings. The maximum atomic E-state index is 11.0. The zero-order valence-electron chi connectivity index (χ0n) is 5.63. The van der Waals surface area contributed by atoms with Crippen LogP contribution < -0.4 is 10.6 Å². The zero-order chi connectivity index (χ0) is 7.84. The molecule has 0 bridgehead atoms. The van der Waals surface area contributed by atoms with E-state index in [2.05, 4.69) is 10.6 Å². The van der Waals surface area contributed by atoms with Crippen LogP contribution in [0.15, 0.2) is 23.9 Å². The fourth-order valence-corrected chi connectivity index (χ4v) is 1.15. The molecule has 1 saturated heterocycles. The van der Waals surface area contributed by atoms with Gasteiger partial charge in [-0.15, -0.1) is 0 Å². The summed E-state index contributed by atoms with van der Waals surface area (Å²) >= 11 is 0. The van der Waals surface area contributed by atoms with E-state index >= 15 is 0 Å². The highest BCUT2D eigenvalue weighted by Gasteiger charge is 2.31. The van der Waals surface area contributed by atoms with E-state index in [4.69, 9.17) is 0 Å². The van der Waals surface area contributed by atoms with Crippen molar-refractivity contribution in [3.05, 3.63) is 23.9 Å². The molecule has 2 N–H and O–H groups in total. The molecule has 0 radical (unpaired) electrons. The molecule has 0 aromatic rings. The van der Waals surface area contributed by atoms with Gasteiger partial charge in [0.15, 0.2) is 5.78 Å². The van der Waals surface area contributed by atoms with Crippen LogP contribution in [0.3, 0.4) is 0 Å². The fraction of sp³-hybridized carbons (Fsp3) is 0.143. The van der Waals surface area contributed by atoms with Gasteiger partial charge in [0.1, 0.15) is 6.04 Å². The molecule has 11 heavy (non-hydrogen) atoms. The second-order valence-corrected chi connectivity index (χ2v) is 2.41. The Labute approximate surface area is 63.0 Å². The molecule has 1 atom stereocenters. The summed E-state index contributed by atoms with van der Waals surface area (Å²) in [5, 5.41) is 5.01. The van der Waals surface area contributed by atoms with Crippen LogP contribution in [0, 0.1) is 0 Å². The summed E-state index contributed by atoms with van der Waals surface area (Å²) in [6.07, 6.45) is 4.78. The first-order chi connectivity index (χ1) is 5.27. The van der Waals surface area contributed by atoms with Gasteiger partial charge in [0, 0.05) is 5.70 Å². The summed E-state index contributed by atoms with van der Waals surface area (Å²) in [6.45, 7) is 0. The molecule has 1 aliphatic heterocycles. The van der Waals surface area contributed by atoms with E-state index in [0.29, 0.717) is 5.70 Å². The van der Waals surface area contributed by atoms with Crippen molar-refractivity contribution < 1.29 is 9.59 Å². The fourth-order valence-electron chi connectivity index (χ4n) is 1.15. The molecule has 0 saturated carbocycles. The summed E-state index contributed by atoms with van der Waals surface area (Å²) in [4.78, 5) is 21.8. The average molecular weight is 150 g/mol. The second-order valence-electron chi connectivity index (χ2n) is 2.41. The first-order valence-electron chi connectivity index (χ1n) is 3.27. The third-order valence-electron chi connectivity index (χ3n) is 1.67. The predicted octanol–water partition coefficient (Wildman–Crippen LogP) is -0.309. The van der Waals surface area contributed by atoms with Gasteiger partial charge < -0.3 is 10.6 Å². The van der Waals surface area contributed by atoms with Crippen LogP contribution in [0.25, 0.3) is 0 Å². The van der Waals surface area contributed by atoms with Gasteiger partial charge in [0.2, 0.25) is 0 Å². The van der Waals surface area contributed by atoms with E-state index in [1.807, 2.05) is 0 Å². The normalized spacial score (nSPS) is 27.3. The molecule has 56 valence electrons. The van der Waals surface area contributed by atoms with E-state index in [1.54, 1.807) is 12.2 Å². The average Bonchev–Trinajstić information content (AvgIpc) is 2.31. The van der Waals surface area contributed by atoms with Gasteiger partial charge in [-0.2, -0.15) is 0 Å². The molecule has 4 nitrogen and oxygen atoms in total. The Balaban J connectivity index is 2.35. The number of amides is 2. The summed E-state index contributed by atoms with van der Waals surface area (Å²) in [6, 6.07) is -0.772. The topological polar surface area (TPSA) is 58.2 Å². The number of fused-ring (bicyclic) bond motifs is 1. The lowest BCUT2D eigenvalue weighted by molar-refractivity contribution is -0.115. The van der Waals surface area contributed by atoms with Crippen molar-refractivity contribution in [3.8, 4) is 0 Å². The quantitative estimate of drug-likeness (QED) is 0.497. The third kappa shape index (κ3) is 0.832. The SMILES string of the molecule is O=C1NC2=CC=CC(=O)C2N1. The Morgan fingerprint density at radius 1 is 1.36 bits per heavy atom. The van der Waals surface area contributed by atoms with Crippen LogP contribution >= 0.6 is 0 Å². The predicted molar refractivity (Wildman–Crippen MR) is 37.7 cm³/mol. The van der Waals surface area contributed by atoms with Crippen molar-refractivity contribution >= 4 is 11.8 Å². The van der Waals surface area contributed by atoms with E-state index in [9.17, 15) is 9.59 Å². The molecular weight excluding hydrogens is 144 g/mol. The molecule has 4 heteroatoms. The molecule has 0 aromatic carbocycles. The van der Waals surface area contributed by atoms with Crippen LogP contribution in [0.4, 0.5) is 4.79 Å². The van der Waals surface area contributed by atoms with Gasteiger partial charge in [0.05, 0.1) is 0 Å². The lowest BCUT2D eigenvalue weighted by Crippen LogP contribution is -2.33. The number of allylic oxidation sites excluding steroid dienone is 2. The molecule has 1 aliphatic carbocycles. The molecular formula is C7H6N2O2. The second kappa shape index (κ2) is 1.95. The van der Waals surface area contributed by atoms with Crippen LogP contribution in [-0.4, -0.2) is 17.9 Å². The van der Waals surface area contributed by atoms with Gasteiger partial charge in [-0.25, -0.2) is 4.79 Å². The van der Waals surface area contributed by atoms with E-state index < -0.39 is 6.04 Å². The summed E-state index contributed by atoms with van der Waals surface area (Å²) < 4.78 is 0. The van der Waals surface area contributed by atoms with E-state index in [1.165, 1.54) is 6.08 Å². The molecule has 0 spiro atoms. The highest BCUT2D eigenvalue weighted by molar-refractivity contribution is 6.03. The zero-order valence-corrected chi connectivity index (χ0v) is 5.63. The van der Waals surface area contributed by atoms with Crippen molar-refractivity contribution in [2.75, 3.05) is 0 Å². The Hall–Kier alpha value is -1.58. The maximum absolute atomic E-state index is 11.0. The summed E-state index contributed by atoms with van der Waals surface area (Å²) in [5.41, 5.74) is 0.641. The number of carbonyl (C=O) groups excluding carboxylic acids is 2. The molecule has 1 fully saturated rings. The minimum absolute atomic E-state index is 0.0825. The molecule has 1 unspecified atom stereocenters. The minimum atomic E-state index is -0.465. The van der Waals surface area contributed by atoms with Crippen LogP contribution in [-0.2, 0) is 4.79 Å². The highest BCUT2D eigenvalue weighted by atomic mass is 16.2. The largest absolute Gasteiger partial charge is 0.322 e. The van der Waals surface area contributed by atoms with Gasteiger partial charge in [-0.3, -0.25) is 4.79 Å². The van der Waals surface area contributed by atoms with Crippen LogP contribution in [0.1, 0.15) is 0 Å². The van der Waals surface area contributed by atoms with Gasteiger partial charge in [0.25, 0.3) is 0 Å². The molecule has 2 rings (SSSR count). The number of nitrogens with one attached hydrogen (secondary N) is 2. The Morgan fingerprint density at radius 3 is 2.91 bits per heavy atom. The lowest BCUT2D eigenvalue weighted by Gasteiger charge is -2.08. The van der Waals surface area contributed by atoms with E-state index in [0.717, 1.165) is 0 Å². The van der Waals surface area contributed by atoms with E-state index in [-0.39, 0.29) is 11.8 Å². The molecule has 0 aromatic heterocycles. The summed E-state index contributed by atoms with van der Waals surface area (Å²) in [5.74, 6) is -0.0825. The number of ketones is 1. The Kier molecular flexibility index (Phi) is 1.09. The Morgan fingerprint density at radius 2 is 2.18 bits per heavy atom. The molecule has 2 amide bonds. The first kappa shape index (κ1) is 6.15. The maximum Gasteiger partial charge on any atom is 0.319 e. The number of urea groups is 1. The number of rotatable bonds is 0. The smallest absolute Gasteiger partial charge is 0.319 e. The van der Waals surface area contributed by atoms with Crippen LogP contribution in [0.5, 0.6) is 0 Å². The standard InChI is InChI=1S/C7H6N2O2/c10-5-3-1-2-4-6(5)9-7(11)8-4/h1-3,6H,(H2,8,9,11). The molecule has 1 heterocycles. The van der Waals surface area contributed by atoms with Crippen molar-refractivity contribution in [3.63, 3.8) is 0 Å². The van der Waals surface area contributed by atoms with Crippen LogP contribution in [0.2, 0.25) is 0 Å². The number of carbonyl (C=O) groups is 2. The van der Waals surface area contributed by atoms with Gasteiger partial charge >= 0.3 is 6.03 Å². The van der Waals surface area contributed by atoms with Crippen molar-refractivity contribution in [2.45, 2.75) is 6.04 Å². The first-order valence-corrected chi connectivity index (χ1v) is 3.27. The van der Waals surface area contributed by atoms with Gasteiger partial charge in [-0.05, 0) is 12.2 Å². The number of hydrogen-bond acceptors (Lipinski definition) is 2.